The summed E-state index contributed by atoms with van der Waals surface area (Å²) in [5, 5.41) is 10.8. The number of carbonyl (C=O) groups is 1. The summed E-state index contributed by atoms with van der Waals surface area (Å²) in [5.41, 5.74) is 0. The monoisotopic (exact) mass is 742 g/mol. The SMILES string of the molecule is CCCCCCCCCCCCCCCCCCCCCN(CCCCCCCCCCCCCCCCCCCCC)CCCCCC(=O)[O-].[Na+]. The molecular weight excluding hydrogens is 646 g/mol. The number of hydrogen-bond donors (Lipinski definition) is 0. The maximum absolute atomic E-state index is 10.8. The quantitative estimate of drug-likeness (QED) is 0.0461. The van der Waals surface area contributed by atoms with E-state index in [4.69, 9.17) is 0 Å². The zero-order valence-electron chi connectivity index (χ0n) is 36.6. The molecule has 0 rings (SSSR count). The van der Waals surface area contributed by atoms with Crippen LogP contribution in [0.2, 0.25) is 0 Å². The molecule has 0 spiro atoms. The second-order valence-electron chi connectivity index (χ2n) is 16.8. The van der Waals surface area contributed by atoms with E-state index in [1.807, 2.05) is 0 Å². The molecule has 0 unspecified atom stereocenters. The number of carboxylic acids is 1. The van der Waals surface area contributed by atoms with E-state index in [9.17, 15) is 9.90 Å². The molecule has 0 N–H and O–H groups in total. The predicted molar refractivity (Wildman–Crippen MR) is 227 cm³/mol. The summed E-state index contributed by atoms with van der Waals surface area (Å²) in [5.74, 6) is -0.893. The molecule has 0 bridgehead atoms. The van der Waals surface area contributed by atoms with Crippen LogP contribution in [0, 0.1) is 0 Å². The van der Waals surface area contributed by atoms with Crippen LogP contribution in [0.15, 0.2) is 0 Å². The van der Waals surface area contributed by atoms with Crippen molar-refractivity contribution in [2.45, 2.75) is 284 Å². The van der Waals surface area contributed by atoms with Crippen LogP contribution in [0.1, 0.15) is 284 Å². The first kappa shape index (κ1) is 54.5. The van der Waals surface area contributed by atoms with Gasteiger partial charge in [-0.3, -0.25) is 0 Å². The van der Waals surface area contributed by atoms with Crippen molar-refractivity contribution in [3.63, 3.8) is 0 Å². The molecule has 0 aromatic rings. The Labute approximate surface area is 351 Å². The Morgan fingerprint density at radius 2 is 0.481 bits per heavy atom. The minimum absolute atomic E-state index is 0. The molecule has 0 radical (unpaired) electrons. The summed E-state index contributed by atoms with van der Waals surface area (Å²) >= 11 is 0. The van der Waals surface area contributed by atoms with Crippen molar-refractivity contribution in [2.75, 3.05) is 19.6 Å². The van der Waals surface area contributed by atoms with E-state index in [2.05, 4.69) is 18.7 Å². The molecule has 4 heteroatoms. The third-order valence-corrected chi connectivity index (χ3v) is 11.5. The molecule has 0 aliphatic carbocycles. The van der Waals surface area contributed by atoms with Crippen molar-refractivity contribution in [3.8, 4) is 0 Å². The van der Waals surface area contributed by atoms with E-state index >= 15 is 0 Å². The molecule has 0 aliphatic heterocycles. The van der Waals surface area contributed by atoms with Crippen LogP contribution in [-0.2, 0) is 4.79 Å². The second kappa shape index (κ2) is 49.4. The van der Waals surface area contributed by atoms with Gasteiger partial charge in [0.1, 0.15) is 0 Å². The second-order valence-corrected chi connectivity index (χ2v) is 16.8. The fourth-order valence-corrected chi connectivity index (χ4v) is 7.94. The molecule has 0 amide bonds. The van der Waals surface area contributed by atoms with E-state index in [0.717, 1.165) is 25.8 Å². The normalized spacial score (nSPS) is 11.4. The van der Waals surface area contributed by atoms with Crippen LogP contribution in [0.3, 0.4) is 0 Å². The Balaban J connectivity index is 0. The summed E-state index contributed by atoms with van der Waals surface area (Å²) in [7, 11) is 0. The van der Waals surface area contributed by atoms with Gasteiger partial charge in [-0.25, -0.2) is 0 Å². The number of hydrogen-bond acceptors (Lipinski definition) is 3. The summed E-state index contributed by atoms with van der Waals surface area (Å²) in [6, 6.07) is 0. The molecule has 0 saturated carbocycles. The summed E-state index contributed by atoms with van der Waals surface area (Å²) in [4.78, 5) is 13.5. The number of carboxylic acid groups (broad SMARTS) is 1. The van der Waals surface area contributed by atoms with Gasteiger partial charge in [-0.05, 0) is 51.7 Å². The van der Waals surface area contributed by atoms with Gasteiger partial charge >= 0.3 is 29.6 Å². The fourth-order valence-electron chi connectivity index (χ4n) is 7.94. The van der Waals surface area contributed by atoms with Crippen molar-refractivity contribution >= 4 is 5.97 Å². The Kier molecular flexibility index (Phi) is 51.9. The van der Waals surface area contributed by atoms with Crippen molar-refractivity contribution in [3.05, 3.63) is 0 Å². The number of unbranched alkanes of at least 4 members (excludes halogenated alkanes) is 38. The molecule has 3 nitrogen and oxygen atoms in total. The molecule has 0 heterocycles. The third-order valence-electron chi connectivity index (χ3n) is 11.5. The fraction of sp³-hybridized carbons (Fsp3) is 0.979. The van der Waals surface area contributed by atoms with Crippen LogP contribution in [0.5, 0.6) is 0 Å². The van der Waals surface area contributed by atoms with E-state index in [0.29, 0.717) is 0 Å². The molecule has 0 aromatic heterocycles. The largest absolute Gasteiger partial charge is 1.00 e. The zero-order valence-corrected chi connectivity index (χ0v) is 38.6. The van der Waals surface area contributed by atoms with Crippen LogP contribution >= 0.6 is 0 Å². The van der Waals surface area contributed by atoms with Gasteiger partial charge in [0, 0.05) is 5.97 Å². The molecule has 0 atom stereocenters. The Bertz CT molecular complexity index is 602. The van der Waals surface area contributed by atoms with Gasteiger partial charge in [-0.15, -0.1) is 0 Å². The van der Waals surface area contributed by atoms with Gasteiger partial charge in [-0.2, -0.15) is 0 Å². The molecule has 0 saturated heterocycles. The maximum Gasteiger partial charge on any atom is 1.00 e. The smallest absolute Gasteiger partial charge is 0.550 e. The van der Waals surface area contributed by atoms with Crippen molar-refractivity contribution < 1.29 is 39.5 Å². The summed E-state index contributed by atoms with van der Waals surface area (Å²) < 4.78 is 0. The standard InChI is InChI=1S/C48H97NO2.Na/c1-3-5-7-9-11-13-15-17-19-21-23-25-27-29-31-33-35-37-41-45-49(47-43-39-40-44-48(50)51)46-42-38-36-34-32-30-28-26-24-22-20-18-16-14-12-10-8-6-4-2;/h3-47H2,1-2H3,(H,50,51);/q;+1/p-1. The Morgan fingerprint density at radius 3 is 0.673 bits per heavy atom. The van der Waals surface area contributed by atoms with E-state index in [1.165, 1.54) is 257 Å². The minimum Gasteiger partial charge on any atom is -0.550 e. The first-order valence-corrected chi connectivity index (χ1v) is 24.1. The van der Waals surface area contributed by atoms with Gasteiger partial charge in [0.25, 0.3) is 0 Å². The first-order valence-electron chi connectivity index (χ1n) is 24.1. The molecule has 0 fully saturated rings. The maximum atomic E-state index is 10.8. The van der Waals surface area contributed by atoms with Gasteiger partial charge in [0.15, 0.2) is 0 Å². The summed E-state index contributed by atoms with van der Waals surface area (Å²) in [6.07, 6.45) is 57.6. The molecule has 52 heavy (non-hydrogen) atoms. The number of aliphatic carboxylic acids is 1. The number of rotatable bonds is 46. The van der Waals surface area contributed by atoms with E-state index in [-0.39, 0.29) is 36.0 Å². The number of carbonyl (C=O) groups excluding carboxylic acids is 1. The zero-order chi connectivity index (χ0) is 37.0. The Morgan fingerprint density at radius 1 is 0.308 bits per heavy atom. The van der Waals surface area contributed by atoms with Crippen LogP contribution in [0.25, 0.3) is 0 Å². The predicted octanol–water partition coefficient (Wildman–Crippen LogP) is 12.5. The van der Waals surface area contributed by atoms with Gasteiger partial charge in [0.05, 0.1) is 0 Å². The average Bonchev–Trinajstić information content (AvgIpc) is 3.12. The Hall–Kier alpha value is 0.430. The summed E-state index contributed by atoms with van der Waals surface area (Å²) in [6.45, 7) is 8.22. The third kappa shape index (κ3) is 48.4. The molecular formula is C48H96NNaO2. The van der Waals surface area contributed by atoms with Gasteiger partial charge < -0.3 is 14.8 Å². The van der Waals surface area contributed by atoms with Crippen molar-refractivity contribution in [2.24, 2.45) is 0 Å². The van der Waals surface area contributed by atoms with E-state index < -0.39 is 5.97 Å². The molecule has 0 aromatic carbocycles. The molecule has 306 valence electrons. The minimum atomic E-state index is -0.893. The van der Waals surface area contributed by atoms with Crippen LogP contribution in [-0.4, -0.2) is 30.5 Å². The first-order chi connectivity index (χ1) is 25.2. The number of nitrogens with zero attached hydrogens (tertiary/aromatic N) is 1. The van der Waals surface area contributed by atoms with Crippen molar-refractivity contribution in [1.29, 1.82) is 0 Å². The van der Waals surface area contributed by atoms with Crippen molar-refractivity contribution in [1.82, 2.24) is 4.90 Å². The van der Waals surface area contributed by atoms with Crippen LogP contribution < -0.4 is 34.7 Å². The van der Waals surface area contributed by atoms with Crippen LogP contribution in [0.4, 0.5) is 0 Å². The van der Waals surface area contributed by atoms with Gasteiger partial charge in [-0.1, -0.05) is 251 Å². The topological polar surface area (TPSA) is 43.4 Å². The average molecular weight is 742 g/mol. The molecule has 0 aliphatic rings. The van der Waals surface area contributed by atoms with E-state index in [1.54, 1.807) is 0 Å². The van der Waals surface area contributed by atoms with Gasteiger partial charge in [0.2, 0.25) is 0 Å².